The molecule has 104 valence electrons. The van der Waals surface area contributed by atoms with Crippen molar-refractivity contribution < 1.29 is 19.2 Å². The molecule has 0 radical (unpaired) electrons. The van der Waals surface area contributed by atoms with Crippen LogP contribution in [0.3, 0.4) is 0 Å². The Balaban J connectivity index is 2.73. The molecule has 0 spiro atoms. The van der Waals surface area contributed by atoms with Gasteiger partial charge in [-0.3, -0.25) is 10.1 Å². The Morgan fingerprint density at radius 1 is 1.26 bits per heavy atom. The van der Waals surface area contributed by atoms with Crippen LogP contribution in [0.5, 0.6) is 0 Å². The molecule has 0 saturated carbocycles. The first-order valence-corrected chi connectivity index (χ1v) is 6.10. The Morgan fingerprint density at radius 3 is 2.37 bits per heavy atom. The summed E-state index contributed by atoms with van der Waals surface area (Å²) in [4.78, 5) is 21.7. The van der Waals surface area contributed by atoms with E-state index in [4.69, 9.17) is 9.47 Å². The summed E-state index contributed by atoms with van der Waals surface area (Å²) in [5.74, 6) is -0.414. The fourth-order valence-corrected chi connectivity index (χ4v) is 1.61. The lowest BCUT2D eigenvalue weighted by atomic mass is 10.1. The Morgan fingerprint density at radius 2 is 1.89 bits per heavy atom. The lowest BCUT2D eigenvalue weighted by Crippen LogP contribution is -2.28. The Kier molecular flexibility index (Phi) is 5.95. The molecular weight excluding hydrogens is 250 g/mol. The Hall–Kier alpha value is -1.95. The van der Waals surface area contributed by atoms with Crippen molar-refractivity contribution in [2.45, 2.75) is 26.4 Å². The summed E-state index contributed by atoms with van der Waals surface area (Å²) < 4.78 is 10.2. The van der Waals surface area contributed by atoms with Crippen molar-refractivity contribution in [1.29, 1.82) is 0 Å². The number of hydrogen-bond donors (Lipinski definition) is 0. The summed E-state index contributed by atoms with van der Waals surface area (Å²) in [6.07, 6.45) is -0.337. The molecular formula is C13H17NO5. The number of nitrogens with zero attached hydrogens (tertiary/aromatic N) is 1. The van der Waals surface area contributed by atoms with E-state index >= 15 is 0 Å². The number of non-ortho nitro benzene ring substituents is 1. The molecule has 0 aliphatic rings. The first-order chi connectivity index (χ1) is 9.08. The van der Waals surface area contributed by atoms with Crippen molar-refractivity contribution in [3.8, 4) is 0 Å². The fourth-order valence-electron chi connectivity index (χ4n) is 1.61. The third kappa shape index (κ3) is 4.67. The number of benzene rings is 1. The molecule has 1 atom stereocenters. The van der Waals surface area contributed by atoms with Crippen molar-refractivity contribution in [2.24, 2.45) is 0 Å². The van der Waals surface area contributed by atoms with E-state index in [2.05, 4.69) is 0 Å². The second-order valence-corrected chi connectivity index (χ2v) is 3.82. The molecule has 1 unspecified atom stereocenters. The molecule has 0 aliphatic carbocycles. The van der Waals surface area contributed by atoms with E-state index in [9.17, 15) is 14.9 Å². The summed E-state index contributed by atoms with van der Waals surface area (Å²) in [7, 11) is 0. The van der Waals surface area contributed by atoms with Crippen molar-refractivity contribution in [3.63, 3.8) is 0 Å². The molecule has 0 aromatic heterocycles. The average Bonchev–Trinajstić information content (AvgIpc) is 2.39. The number of rotatable bonds is 7. The quantitative estimate of drug-likeness (QED) is 0.429. The molecule has 1 rings (SSSR count). The van der Waals surface area contributed by atoms with Gasteiger partial charge in [-0.15, -0.1) is 0 Å². The molecule has 6 nitrogen and oxygen atoms in total. The van der Waals surface area contributed by atoms with Gasteiger partial charge in [-0.2, -0.15) is 0 Å². The molecule has 0 aliphatic heterocycles. The molecule has 1 aromatic carbocycles. The third-order valence-corrected chi connectivity index (χ3v) is 2.49. The molecule has 19 heavy (non-hydrogen) atoms. The van der Waals surface area contributed by atoms with E-state index in [0.717, 1.165) is 5.56 Å². The van der Waals surface area contributed by atoms with E-state index in [0.29, 0.717) is 19.6 Å². The van der Waals surface area contributed by atoms with Gasteiger partial charge in [-0.25, -0.2) is 4.79 Å². The third-order valence-electron chi connectivity index (χ3n) is 2.49. The SMILES string of the molecule is CCOC(=O)C(Cc1ccc([N+](=O)[O-])cc1)OCC. The van der Waals surface area contributed by atoms with Gasteiger partial charge in [-0.1, -0.05) is 12.1 Å². The first-order valence-electron chi connectivity index (χ1n) is 6.10. The molecule has 6 heteroatoms. The maximum absolute atomic E-state index is 11.7. The number of esters is 1. The van der Waals surface area contributed by atoms with E-state index in [1.165, 1.54) is 12.1 Å². The number of ether oxygens (including phenoxy) is 2. The minimum atomic E-state index is -0.675. The highest BCUT2D eigenvalue weighted by Crippen LogP contribution is 2.14. The van der Waals surface area contributed by atoms with Crippen molar-refractivity contribution in [3.05, 3.63) is 39.9 Å². The highest BCUT2D eigenvalue weighted by Gasteiger charge is 2.20. The first kappa shape index (κ1) is 15.1. The minimum Gasteiger partial charge on any atom is -0.464 e. The predicted molar refractivity (Wildman–Crippen MR) is 68.8 cm³/mol. The number of nitro groups is 1. The van der Waals surface area contributed by atoms with Crippen molar-refractivity contribution in [2.75, 3.05) is 13.2 Å². The van der Waals surface area contributed by atoms with Crippen LogP contribution in [0.25, 0.3) is 0 Å². The van der Waals surface area contributed by atoms with Crippen LogP contribution in [0.15, 0.2) is 24.3 Å². The maximum Gasteiger partial charge on any atom is 0.335 e. The van der Waals surface area contributed by atoms with Crippen LogP contribution in [-0.4, -0.2) is 30.2 Å². The summed E-state index contributed by atoms with van der Waals surface area (Å²) in [5, 5.41) is 10.5. The van der Waals surface area contributed by atoms with Crippen LogP contribution < -0.4 is 0 Å². The summed E-state index contributed by atoms with van der Waals surface area (Å²) in [6, 6.07) is 6.04. The normalized spacial score (nSPS) is 11.9. The molecule has 0 heterocycles. The Labute approximate surface area is 111 Å². The topological polar surface area (TPSA) is 78.7 Å². The molecule has 0 bridgehead atoms. The number of carbonyl (C=O) groups is 1. The highest BCUT2D eigenvalue weighted by atomic mass is 16.6. The van der Waals surface area contributed by atoms with Crippen LogP contribution in [0.2, 0.25) is 0 Å². The second-order valence-electron chi connectivity index (χ2n) is 3.82. The van der Waals surface area contributed by atoms with E-state index in [1.54, 1.807) is 26.0 Å². The van der Waals surface area contributed by atoms with Gasteiger partial charge in [0.15, 0.2) is 6.10 Å². The molecule has 0 amide bonds. The average molecular weight is 267 g/mol. The predicted octanol–water partition coefficient (Wildman–Crippen LogP) is 2.11. The van der Waals surface area contributed by atoms with E-state index in [-0.39, 0.29) is 5.69 Å². The van der Waals surface area contributed by atoms with Gasteiger partial charge in [0.1, 0.15) is 0 Å². The van der Waals surface area contributed by atoms with Crippen LogP contribution in [0.1, 0.15) is 19.4 Å². The van der Waals surface area contributed by atoms with Gasteiger partial charge in [0.25, 0.3) is 5.69 Å². The van der Waals surface area contributed by atoms with Gasteiger partial charge in [-0.05, 0) is 19.4 Å². The molecule has 0 saturated heterocycles. The lowest BCUT2D eigenvalue weighted by Gasteiger charge is -2.15. The van der Waals surface area contributed by atoms with Gasteiger partial charge in [0.2, 0.25) is 0 Å². The second kappa shape index (κ2) is 7.48. The molecule has 0 fully saturated rings. The van der Waals surface area contributed by atoms with Crippen molar-refractivity contribution >= 4 is 11.7 Å². The van der Waals surface area contributed by atoms with Crippen LogP contribution >= 0.6 is 0 Å². The summed E-state index contributed by atoms with van der Waals surface area (Å²) in [6.45, 7) is 4.22. The summed E-state index contributed by atoms with van der Waals surface area (Å²) >= 11 is 0. The summed E-state index contributed by atoms with van der Waals surface area (Å²) in [5.41, 5.74) is 0.810. The smallest absolute Gasteiger partial charge is 0.335 e. The molecule has 1 aromatic rings. The number of nitro benzene ring substituents is 1. The standard InChI is InChI=1S/C13H17NO5/c1-3-18-12(13(15)19-4-2)9-10-5-7-11(8-6-10)14(16)17/h5-8,12H,3-4,9H2,1-2H3. The van der Waals surface area contributed by atoms with Crippen LogP contribution in [-0.2, 0) is 20.7 Å². The van der Waals surface area contributed by atoms with Gasteiger partial charge < -0.3 is 9.47 Å². The highest BCUT2D eigenvalue weighted by molar-refractivity contribution is 5.75. The van der Waals surface area contributed by atoms with E-state index in [1.807, 2.05) is 0 Å². The Bertz CT molecular complexity index is 429. The number of hydrogen-bond acceptors (Lipinski definition) is 5. The fraction of sp³-hybridized carbons (Fsp3) is 0.462. The van der Waals surface area contributed by atoms with E-state index < -0.39 is 17.0 Å². The zero-order valence-electron chi connectivity index (χ0n) is 11.0. The zero-order chi connectivity index (χ0) is 14.3. The van der Waals surface area contributed by atoms with Gasteiger partial charge >= 0.3 is 5.97 Å². The molecule has 0 N–H and O–H groups in total. The van der Waals surface area contributed by atoms with Gasteiger partial charge in [0.05, 0.1) is 11.5 Å². The minimum absolute atomic E-state index is 0.0212. The maximum atomic E-state index is 11.7. The lowest BCUT2D eigenvalue weighted by molar-refractivity contribution is -0.384. The van der Waals surface area contributed by atoms with Crippen molar-refractivity contribution in [1.82, 2.24) is 0 Å². The zero-order valence-corrected chi connectivity index (χ0v) is 11.0. The number of carbonyl (C=O) groups excluding carboxylic acids is 1. The largest absolute Gasteiger partial charge is 0.464 e. The van der Waals surface area contributed by atoms with Crippen LogP contribution in [0.4, 0.5) is 5.69 Å². The van der Waals surface area contributed by atoms with Crippen LogP contribution in [0, 0.1) is 10.1 Å². The monoisotopic (exact) mass is 267 g/mol. The van der Waals surface area contributed by atoms with Gasteiger partial charge in [0, 0.05) is 25.2 Å².